The van der Waals surface area contributed by atoms with Crippen molar-refractivity contribution in [2.45, 2.75) is 34.2 Å². The van der Waals surface area contributed by atoms with Crippen LogP contribution < -0.4 is 31.9 Å². The lowest BCUT2D eigenvalue weighted by atomic mass is 10.1. The molecule has 2 saturated heterocycles. The molecule has 0 saturated carbocycles. The normalized spacial score (nSPS) is 17.3. The minimum atomic E-state index is -3.39. The summed E-state index contributed by atoms with van der Waals surface area (Å²) in [5, 5.41) is 36.8. The Labute approximate surface area is 382 Å². The molecule has 4 atom stereocenters. The highest BCUT2D eigenvalue weighted by atomic mass is 35.5. The smallest absolute Gasteiger partial charge is 0.384 e. The summed E-state index contributed by atoms with van der Waals surface area (Å²) in [7, 11) is -6.77. The summed E-state index contributed by atoms with van der Waals surface area (Å²) in [6.45, 7) is 0.517. The zero-order valence-corrected chi connectivity index (χ0v) is 37.3. The van der Waals surface area contributed by atoms with Gasteiger partial charge in [-0.15, -0.1) is 12.4 Å². The Hall–Kier alpha value is -6.80. The first kappa shape index (κ1) is 50.2. The van der Waals surface area contributed by atoms with Gasteiger partial charge >= 0.3 is 5.76 Å². The van der Waals surface area contributed by atoms with Crippen molar-refractivity contribution in [3.8, 4) is 11.4 Å². The number of nitrogens with two attached hydrogens (primary N) is 1. The number of sulfone groups is 2. The number of H-pyrrole nitrogens is 1. The number of aromatic nitrogens is 2. The Morgan fingerprint density at radius 2 is 1.11 bits per heavy atom. The van der Waals surface area contributed by atoms with Gasteiger partial charge in [-0.2, -0.15) is 0 Å². The molecule has 0 bridgehead atoms. The molecule has 4 aromatic carbocycles. The lowest BCUT2D eigenvalue weighted by molar-refractivity contribution is -0.150. The molecule has 2 aliphatic heterocycles. The van der Waals surface area contributed by atoms with Crippen molar-refractivity contribution in [2.75, 3.05) is 59.2 Å². The second kappa shape index (κ2) is 21.0. The van der Waals surface area contributed by atoms with Gasteiger partial charge in [-0.25, -0.2) is 21.6 Å². The molecular weight excluding hydrogens is 928 g/mol. The first-order chi connectivity index (χ1) is 30.7. The van der Waals surface area contributed by atoms with Crippen LogP contribution in [0.5, 0.6) is 0 Å². The van der Waals surface area contributed by atoms with Gasteiger partial charge in [-0.3, -0.25) is 34.1 Å². The fourth-order valence-corrected chi connectivity index (χ4v) is 7.69. The van der Waals surface area contributed by atoms with Crippen molar-refractivity contribution in [1.82, 2.24) is 10.1 Å². The molecule has 7 rings (SSSR count). The van der Waals surface area contributed by atoms with E-state index in [-0.39, 0.29) is 60.2 Å². The number of nitrogens with zero attached hydrogens (tertiary/aromatic N) is 3. The molecule has 0 spiro atoms. The molecule has 25 heteroatoms. The number of ether oxygens (including phenoxy) is 2. The Kier molecular flexibility index (Phi) is 16.0. The van der Waals surface area contributed by atoms with E-state index in [1.807, 2.05) is 0 Å². The molecule has 8 N–H and O–H groups in total. The first-order valence-electron chi connectivity index (χ1n) is 19.3. The number of hydrogen-bond acceptors (Lipinski definition) is 16. The molecule has 2 aliphatic rings. The number of nitrogen functional groups attached to an aromatic ring is 1. The lowest BCUT2D eigenvalue weighted by Gasteiger charge is -2.34. The number of rotatable bonds is 12. The molecule has 2 fully saturated rings. The van der Waals surface area contributed by atoms with Crippen LogP contribution in [0, 0.1) is 5.41 Å². The Morgan fingerprint density at radius 1 is 0.712 bits per heavy atom. The highest BCUT2D eigenvalue weighted by Gasteiger charge is 2.41. The summed E-state index contributed by atoms with van der Waals surface area (Å²) in [5.74, 6) is -3.54. The van der Waals surface area contributed by atoms with Gasteiger partial charge in [-0.1, -0.05) is 5.16 Å². The minimum Gasteiger partial charge on any atom is -0.384 e. The maximum atomic E-state index is 12.9. The molecule has 0 unspecified atom stereocenters. The average Bonchev–Trinajstić information content (AvgIpc) is 3.72. The highest BCUT2D eigenvalue weighted by Crippen LogP contribution is 2.25. The molecule has 1 aromatic heterocycles. The maximum Gasteiger partial charge on any atom is 0.439 e. The van der Waals surface area contributed by atoms with Gasteiger partial charge in [0, 0.05) is 59.5 Å². The average molecular weight is 971 g/mol. The van der Waals surface area contributed by atoms with Crippen LogP contribution >= 0.6 is 12.4 Å². The quantitative estimate of drug-likeness (QED) is 0.0668. The highest BCUT2D eigenvalue weighted by molar-refractivity contribution is 7.91. The molecule has 0 aliphatic carbocycles. The molecule has 5 aromatic rings. The molecule has 4 amide bonds. The number of amides is 4. The van der Waals surface area contributed by atoms with Crippen molar-refractivity contribution < 1.29 is 60.2 Å². The van der Waals surface area contributed by atoms with E-state index in [0.717, 1.165) is 12.5 Å². The zero-order chi connectivity index (χ0) is 47.2. The van der Waals surface area contributed by atoms with Gasteiger partial charge in [-0.05, 0) is 97.1 Å². The van der Waals surface area contributed by atoms with E-state index in [1.54, 1.807) is 12.1 Å². The number of anilines is 4. The topological polar surface area (TPSA) is 335 Å². The second-order valence-electron chi connectivity index (χ2n) is 14.5. The van der Waals surface area contributed by atoms with Gasteiger partial charge in [0.2, 0.25) is 0 Å². The Morgan fingerprint density at radius 3 is 1.45 bits per heavy atom. The van der Waals surface area contributed by atoms with Crippen LogP contribution in [0.2, 0.25) is 0 Å². The van der Waals surface area contributed by atoms with E-state index in [9.17, 15) is 51.0 Å². The molecule has 0 radical (unpaired) electrons. The van der Waals surface area contributed by atoms with Crippen LogP contribution in [0.1, 0.15) is 5.56 Å². The van der Waals surface area contributed by atoms with Crippen molar-refractivity contribution in [1.29, 1.82) is 5.41 Å². The van der Waals surface area contributed by atoms with E-state index in [2.05, 4.69) is 25.3 Å². The van der Waals surface area contributed by atoms with Gasteiger partial charge in [0.15, 0.2) is 49.9 Å². The van der Waals surface area contributed by atoms with E-state index in [0.29, 0.717) is 33.9 Å². The van der Waals surface area contributed by atoms with E-state index < -0.39 is 73.5 Å². The van der Waals surface area contributed by atoms with E-state index >= 15 is 0 Å². The number of nitrogens with one attached hydrogen (secondary N) is 4. The van der Waals surface area contributed by atoms with Crippen LogP contribution in [-0.4, -0.2) is 130 Å². The van der Waals surface area contributed by atoms with Gasteiger partial charge in [0.05, 0.1) is 23.0 Å². The van der Waals surface area contributed by atoms with Crippen molar-refractivity contribution >= 4 is 84.3 Å². The molecule has 66 heavy (non-hydrogen) atoms. The van der Waals surface area contributed by atoms with Crippen LogP contribution in [0.4, 0.5) is 22.7 Å². The predicted molar refractivity (Wildman–Crippen MR) is 240 cm³/mol. The monoisotopic (exact) mass is 970 g/mol. The number of carbonyl (C=O) groups excluding carboxylic acids is 4. The number of aliphatic hydroxyl groups is 2. The number of carbonyl (C=O) groups is 4. The summed E-state index contributed by atoms with van der Waals surface area (Å²) in [6.07, 6.45) is -4.26. The Balaban J connectivity index is 0.000000245. The van der Waals surface area contributed by atoms with Crippen LogP contribution in [0.25, 0.3) is 11.4 Å². The zero-order valence-electron chi connectivity index (χ0n) is 34.8. The number of morpholine rings is 2. The fraction of sp³-hybridized carbons (Fsp3) is 0.244. The SMILES string of the molecule is CS(=O)(=O)c1ccc(N2CCO[C@H]([C@@H](O)C(=O)Nc3ccc(-c4noc(=O)[nH]4)cc3)C2=O)cc1.CS(=O)(=O)c1ccc(N2CCO[C@H]([C@@H](O)C(=O)Nc3ccc(C(=N)N)cc3)C2=O)cc1.Cl. The summed E-state index contributed by atoms with van der Waals surface area (Å²) >= 11 is 0. The summed E-state index contributed by atoms with van der Waals surface area (Å²) < 4.78 is 61.7. The standard InChI is InChI=1S/C21H20N4O8S.C20H22N4O6S.ClH/c1-34(30,31)15-8-6-14(7-9-15)25-10-11-32-17(20(25)28)16(26)19(27)22-13-4-2-12(3-5-13)18-23-21(29)33-24-18;1-31(28,29)15-8-6-14(7-9-15)24-10-11-30-17(20(24)27)16(25)19(26)23-13-4-2-12(3-5-13)18(21)22;/h2-9,16-17,26H,10-11H2,1H3,(H,22,27)(H,23,24,29);2-9,16-17,25H,10-11H2,1H3,(H3,21,22)(H,23,26);1H/t2*16-,17-;/m11./s1. The molecule has 3 heterocycles. The number of halogens is 1. The summed E-state index contributed by atoms with van der Waals surface area (Å²) in [5.41, 5.74) is 7.92. The lowest BCUT2D eigenvalue weighted by Crippen LogP contribution is -2.55. The largest absolute Gasteiger partial charge is 0.439 e. The van der Waals surface area contributed by atoms with Crippen LogP contribution in [-0.2, 0) is 48.3 Å². The van der Waals surface area contributed by atoms with E-state index in [1.165, 1.54) is 94.7 Å². The van der Waals surface area contributed by atoms with Crippen molar-refractivity contribution in [2.24, 2.45) is 5.73 Å². The predicted octanol–water partition coefficient (Wildman–Crippen LogP) is 0.692. The van der Waals surface area contributed by atoms with Gasteiger partial charge in [0.1, 0.15) is 5.84 Å². The third-order valence-electron chi connectivity index (χ3n) is 9.84. The van der Waals surface area contributed by atoms with Crippen LogP contribution in [0.15, 0.2) is 116 Å². The molecule has 22 nitrogen and oxygen atoms in total. The van der Waals surface area contributed by atoms with Crippen molar-refractivity contribution in [3.63, 3.8) is 0 Å². The third-order valence-corrected chi connectivity index (χ3v) is 12.1. The number of hydrogen-bond donors (Lipinski definition) is 7. The third kappa shape index (κ3) is 12.1. The minimum absolute atomic E-state index is 0. The Bertz CT molecular complexity index is 2860. The number of aromatic amines is 1. The van der Waals surface area contributed by atoms with Crippen molar-refractivity contribution in [3.05, 3.63) is 113 Å². The first-order valence-corrected chi connectivity index (χ1v) is 23.0. The fourth-order valence-electron chi connectivity index (χ4n) is 6.43. The second-order valence-corrected chi connectivity index (χ2v) is 18.5. The van der Waals surface area contributed by atoms with Gasteiger partial charge < -0.3 is 45.9 Å². The number of amidine groups is 1. The molecular formula is C41H43ClN8O14S2. The maximum absolute atomic E-state index is 12.9. The molecule has 350 valence electrons. The summed E-state index contributed by atoms with van der Waals surface area (Å²) in [6, 6.07) is 23.7. The summed E-state index contributed by atoms with van der Waals surface area (Å²) in [4.78, 5) is 67.1. The van der Waals surface area contributed by atoms with Crippen LogP contribution in [0.3, 0.4) is 0 Å². The number of aliphatic hydroxyl groups excluding tert-OH is 2. The van der Waals surface area contributed by atoms with Gasteiger partial charge in [0.25, 0.3) is 23.6 Å². The van der Waals surface area contributed by atoms with E-state index in [4.69, 9.17) is 20.6 Å². The number of benzene rings is 4.